The van der Waals surface area contributed by atoms with Gasteiger partial charge < -0.3 is 10.5 Å². The lowest BCUT2D eigenvalue weighted by Crippen LogP contribution is -2.23. The van der Waals surface area contributed by atoms with Gasteiger partial charge in [0, 0.05) is 17.5 Å². The number of aryl methyl sites for hydroxylation is 1. The predicted molar refractivity (Wildman–Crippen MR) is 74.0 cm³/mol. The highest BCUT2D eigenvalue weighted by atomic mass is 16.5. The second-order valence-electron chi connectivity index (χ2n) is 6.09. The molecule has 2 fully saturated rings. The van der Waals surface area contributed by atoms with E-state index >= 15 is 0 Å². The van der Waals surface area contributed by atoms with Crippen LogP contribution in [0.25, 0.3) is 0 Å². The van der Waals surface area contributed by atoms with Gasteiger partial charge in [-0.1, -0.05) is 24.1 Å². The van der Waals surface area contributed by atoms with E-state index in [1.54, 1.807) is 0 Å². The van der Waals surface area contributed by atoms with Gasteiger partial charge >= 0.3 is 0 Å². The molecule has 18 heavy (non-hydrogen) atoms. The zero-order valence-corrected chi connectivity index (χ0v) is 11.2. The number of rotatable bonds is 5. The molecule has 0 bridgehead atoms. The molecule has 1 aromatic rings. The maximum atomic E-state index is 6.07. The highest BCUT2D eigenvalue weighted by molar-refractivity contribution is 5.45. The molecule has 0 amide bonds. The first-order valence-electron chi connectivity index (χ1n) is 7.17. The molecule has 0 atom stereocenters. The molecular weight excluding hydrogens is 222 g/mol. The Hall–Kier alpha value is -1.02. The first-order valence-corrected chi connectivity index (χ1v) is 7.17. The number of nitrogens with two attached hydrogens (primary N) is 1. The minimum Gasteiger partial charge on any atom is -0.493 e. The number of benzene rings is 1. The third-order valence-electron chi connectivity index (χ3n) is 4.65. The summed E-state index contributed by atoms with van der Waals surface area (Å²) in [6.45, 7) is 3.78. The summed E-state index contributed by atoms with van der Waals surface area (Å²) in [6, 6.07) is 6.56. The summed E-state index contributed by atoms with van der Waals surface area (Å²) < 4.78 is 6.07. The molecule has 0 unspecified atom stereocenters. The SMILES string of the molecule is Cc1ccc(OCC2CCC2)c(C2(CN)CC2)c1. The van der Waals surface area contributed by atoms with Crippen molar-refractivity contribution < 1.29 is 4.74 Å². The average molecular weight is 245 g/mol. The van der Waals surface area contributed by atoms with Crippen molar-refractivity contribution >= 4 is 0 Å². The van der Waals surface area contributed by atoms with Crippen LogP contribution in [0.15, 0.2) is 18.2 Å². The van der Waals surface area contributed by atoms with Gasteiger partial charge in [0.05, 0.1) is 6.61 Å². The number of ether oxygens (including phenoxy) is 1. The highest BCUT2D eigenvalue weighted by Crippen LogP contribution is 2.50. The van der Waals surface area contributed by atoms with Crippen LogP contribution >= 0.6 is 0 Å². The van der Waals surface area contributed by atoms with Crippen LogP contribution in [-0.2, 0) is 5.41 Å². The van der Waals surface area contributed by atoms with E-state index < -0.39 is 0 Å². The Kier molecular flexibility index (Phi) is 3.06. The van der Waals surface area contributed by atoms with Crippen molar-refractivity contribution in [2.75, 3.05) is 13.2 Å². The molecule has 0 spiro atoms. The minimum atomic E-state index is 0.223. The maximum absolute atomic E-state index is 6.07. The van der Waals surface area contributed by atoms with Gasteiger partial charge in [-0.2, -0.15) is 0 Å². The number of hydrogen-bond donors (Lipinski definition) is 1. The standard InChI is InChI=1S/C16H23NO/c1-12-5-6-15(18-10-13-3-2-4-13)14(9-12)16(11-17)7-8-16/h5-6,9,13H,2-4,7-8,10-11,17H2,1H3. The monoisotopic (exact) mass is 245 g/mol. The van der Waals surface area contributed by atoms with Crippen molar-refractivity contribution in [3.05, 3.63) is 29.3 Å². The van der Waals surface area contributed by atoms with Crippen LogP contribution < -0.4 is 10.5 Å². The fraction of sp³-hybridized carbons (Fsp3) is 0.625. The number of hydrogen-bond acceptors (Lipinski definition) is 2. The average Bonchev–Trinajstić information content (AvgIpc) is 3.10. The van der Waals surface area contributed by atoms with Crippen molar-refractivity contribution in [2.24, 2.45) is 11.7 Å². The molecule has 3 rings (SSSR count). The van der Waals surface area contributed by atoms with Gasteiger partial charge in [0.1, 0.15) is 5.75 Å². The predicted octanol–water partition coefficient (Wildman–Crippen LogP) is 3.16. The lowest BCUT2D eigenvalue weighted by Gasteiger charge is -2.27. The van der Waals surface area contributed by atoms with E-state index in [1.165, 1.54) is 43.2 Å². The van der Waals surface area contributed by atoms with E-state index in [-0.39, 0.29) is 5.41 Å². The van der Waals surface area contributed by atoms with E-state index in [9.17, 15) is 0 Å². The van der Waals surface area contributed by atoms with E-state index in [0.717, 1.165) is 24.8 Å². The molecule has 0 heterocycles. The molecule has 0 aliphatic heterocycles. The summed E-state index contributed by atoms with van der Waals surface area (Å²) in [5, 5.41) is 0. The van der Waals surface area contributed by atoms with Crippen LogP contribution in [0.4, 0.5) is 0 Å². The largest absolute Gasteiger partial charge is 0.493 e. The van der Waals surface area contributed by atoms with E-state index in [1.807, 2.05) is 0 Å². The van der Waals surface area contributed by atoms with Crippen LogP contribution in [0.2, 0.25) is 0 Å². The molecule has 2 aliphatic rings. The molecule has 0 aromatic heterocycles. The fourth-order valence-electron chi connectivity index (χ4n) is 2.79. The van der Waals surface area contributed by atoms with Crippen LogP contribution in [0.1, 0.15) is 43.2 Å². The Bertz CT molecular complexity index is 433. The summed E-state index contributed by atoms with van der Waals surface area (Å²) in [5.74, 6) is 1.86. The lowest BCUT2D eigenvalue weighted by molar-refractivity contribution is 0.178. The van der Waals surface area contributed by atoms with Gasteiger partial charge in [-0.25, -0.2) is 0 Å². The third-order valence-corrected chi connectivity index (χ3v) is 4.65. The Morgan fingerprint density at radius 1 is 1.33 bits per heavy atom. The van der Waals surface area contributed by atoms with Crippen molar-refractivity contribution in [1.29, 1.82) is 0 Å². The molecular formula is C16H23NO. The molecule has 0 radical (unpaired) electrons. The third kappa shape index (κ3) is 2.14. The molecule has 0 saturated heterocycles. The maximum Gasteiger partial charge on any atom is 0.123 e. The second kappa shape index (κ2) is 4.58. The van der Waals surface area contributed by atoms with Gasteiger partial charge in [0.15, 0.2) is 0 Å². The van der Waals surface area contributed by atoms with Gasteiger partial charge in [-0.3, -0.25) is 0 Å². The summed E-state index contributed by atoms with van der Waals surface area (Å²) in [5.41, 5.74) is 8.84. The van der Waals surface area contributed by atoms with Crippen LogP contribution in [0, 0.1) is 12.8 Å². The zero-order valence-electron chi connectivity index (χ0n) is 11.2. The van der Waals surface area contributed by atoms with E-state index in [2.05, 4.69) is 25.1 Å². The van der Waals surface area contributed by atoms with Gasteiger partial charge in [-0.05, 0) is 44.6 Å². The summed E-state index contributed by atoms with van der Waals surface area (Å²) >= 11 is 0. The Labute approximate surface area is 110 Å². The Morgan fingerprint density at radius 3 is 2.67 bits per heavy atom. The first-order chi connectivity index (χ1) is 8.73. The van der Waals surface area contributed by atoms with Crippen LogP contribution in [0.3, 0.4) is 0 Å². The molecule has 2 nitrogen and oxygen atoms in total. The van der Waals surface area contributed by atoms with Crippen molar-refractivity contribution in [2.45, 2.75) is 44.4 Å². The molecule has 2 saturated carbocycles. The Balaban J connectivity index is 1.79. The first kappa shape index (κ1) is 12.0. The van der Waals surface area contributed by atoms with Crippen molar-refractivity contribution in [3.63, 3.8) is 0 Å². The second-order valence-corrected chi connectivity index (χ2v) is 6.09. The summed E-state index contributed by atoms with van der Waals surface area (Å²) in [6.07, 6.45) is 6.48. The Morgan fingerprint density at radius 2 is 2.11 bits per heavy atom. The van der Waals surface area contributed by atoms with Gasteiger partial charge in [0.25, 0.3) is 0 Å². The molecule has 1 aromatic carbocycles. The van der Waals surface area contributed by atoms with Crippen molar-refractivity contribution in [1.82, 2.24) is 0 Å². The summed E-state index contributed by atoms with van der Waals surface area (Å²) in [4.78, 5) is 0. The molecule has 2 N–H and O–H groups in total. The van der Waals surface area contributed by atoms with Crippen LogP contribution in [-0.4, -0.2) is 13.2 Å². The highest BCUT2D eigenvalue weighted by Gasteiger charge is 2.44. The lowest BCUT2D eigenvalue weighted by atomic mass is 9.86. The van der Waals surface area contributed by atoms with Gasteiger partial charge in [-0.15, -0.1) is 0 Å². The van der Waals surface area contributed by atoms with E-state index in [4.69, 9.17) is 10.5 Å². The normalized spacial score (nSPS) is 21.4. The van der Waals surface area contributed by atoms with Gasteiger partial charge in [0.2, 0.25) is 0 Å². The smallest absolute Gasteiger partial charge is 0.123 e. The quantitative estimate of drug-likeness (QED) is 0.864. The molecule has 2 heteroatoms. The zero-order chi connectivity index (χ0) is 12.6. The minimum absolute atomic E-state index is 0.223. The van der Waals surface area contributed by atoms with E-state index in [0.29, 0.717) is 0 Å². The summed E-state index contributed by atoms with van der Waals surface area (Å²) in [7, 11) is 0. The molecule has 2 aliphatic carbocycles. The van der Waals surface area contributed by atoms with Crippen molar-refractivity contribution in [3.8, 4) is 5.75 Å². The molecule has 98 valence electrons. The topological polar surface area (TPSA) is 35.2 Å². The fourth-order valence-corrected chi connectivity index (χ4v) is 2.79. The van der Waals surface area contributed by atoms with Crippen LogP contribution in [0.5, 0.6) is 5.75 Å².